The molecule has 0 N–H and O–H groups in total. The highest BCUT2D eigenvalue weighted by Gasteiger charge is 2.40. The van der Waals surface area contributed by atoms with Crippen LogP contribution in [0.2, 0.25) is 0 Å². The normalized spacial score (nSPS) is 25.9. The van der Waals surface area contributed by atoms with E-state index in [0.717, 1.165) is 13.2 Å². The fourth-order valence-electron chi connectivity index (χ4n) is 1.89. The second-order valence-corrected chi connectivity index (χ2v) is 6.06. The molecular formula is C15H28O6. The van der Waals surface area contributed by atoms with Crippen molar-refractivity contribution in [2.45, 2.75) is 44.7 Å². The summed E-state index contributed by atoms with van der Waals surface area (Å²) in [6, 6.07) is 0. The van der Waals surface area contributed by atoms with Crippen LogP contribution in [0.1, 0.15) is 20.8 Å². The van der Waals surface area contributed by atoms with Gasteiger partial charge in [-0.2, -0.15) is 0 Å². The Morgan fingerprint density at radius 1 is 1.05 bits per heavy atom. The Labute approximate surface area is 127 Å². The summed E-state index contributed by atoms with van der Waals surface area (Å²) in [6.07, 6.45) is 0.609. The Morgan fingerprint density at radius 3 is 2.43 bits per heavy atom. The van der Waals surface area contributed by atoms with E-state index in [2.05, 4.69) is 0 Å². The monoisotopic (exact) mass is 304 g/mol. The smallest absolute Gasteiger partial charge is 0.109 e. The van der Waals surface area contributed by atoms with E-state index in [0.29, 0.717) is 45.7 Å². The zero-order valence-electron chi connectivity index (χ0n) is 13.3. The summed E-state index contributed by atoms with van der Waals surface area (Å²) in [5.74, 6) is 0. The van der Waals surface area contributed by atoms with Crippen molar-refractivity contribution in [3.63, 3.8) is 0 Å². The second-order valence-electron chi connectivity index (χ2n) is 6.06. The first kappa shape index (κ1) is 17.1. The summed E-state index contributed by atoms with van der Waals surface area (Å²) in [7, 11) is 0. The maximum Gasteiger partial charge on any atom is 0.109 e. The van der Waals surface area contributed by atoms with Crippen LogP contribution in [0.15, 0.2) is 0 Å². The predicted molar refractivity (Wildman–Crippen MR) is 76.6 cm³/mol. The molecule has 0 aromatic carbocycles. The minimum atomic E-state index is -0.217. The van der Waals surface area contributed by atoms with Gasteiger partial charge in [-0.25, -0.2) is 0 Å². The van der Waals surface area contributed by atoms with Crippen LogP contribution in [0.3, 0.4) is 0 Å². The molecule has 0 spiro atoms. The van der Waals surface area contributed by atoms with E-state index < -0.39 is 0 Å². The third-order valence-corrected chi connectivity index (χ3v) is 3.50. The molecule has 2 aliphatic heterocycles. The van der Waals surface area contributed by atoms with Crippen LogP contribution in [0.5, 0.6) is 0 Å². The van der Waals surface area contributed by atoms with Crippen molar-refractivity contribution in [1.82, 2.24) is 0 Å². The number of rotatable bonds is 13. The summed E-state index contributed by atoms with van der Waals surface area (Å²) in [4.78, 5) is 0. The molecule has 2 aliphatic rings. The zero-order chi connectivity index (χ0) is 15.1. The first-order valence-corrected chi connectivity index (χ1v) is 7.72. The van der Waals surface area contributed by atoms with Crippen molar-refractivity contribution in [1.29, 1.82) is 0 Å². The lowest BCUT2D eigenvalue weighted by molar-refractivity contribution is -0.0817. The lowest BCUT2D eigenvalue weighted by atomic mass is 10.1. The average Bonchev–Trinajstić information content (AvgIpc) is 3.28. The molecule has 0 amide bonds. The molecular weight excluding hydrogens is 276 g/mol. The molecule has 0 radical (unpaired) electrons. The number of hydrogen-bond acceptors (Lipinski definition) is 6. The van der Waals surface area contributed by atoms with Crippen molar-refractivity contribution < 1.29 is 28.4 Å². The van der Waals surface area contributed by atoms with E-state index >= 15 is 0 Å². The van der Waals surface area contributed by atoms with Gasteiger partial charge in [0.1, 0.15) is 12.2 Å². The molecule has 2 rings (SSSR count). The van der Waals surface area contributed by atoms with Crippen molar-refractivity contribution in [2.24, 2.45) is 0 Å². The molecule has 2 fully saturated rings. The van der Waals surface area contributed by atoms with Gasteiger partial charge in [0.05, 0.1) is 64.6 Å². The summed E-state index contributed by atoms with van der Waals surface area (Å²) in [5.41, 5.74) is -0.217. The highest BCUT2D eigenvalue weighted by Crippen LogP contribution is 2.27. The molecule has 0 saturated carbocycles. The van der Waals surface area contributed by atoms with Gasteiger partial charge in [0.2, 0.25) is 0 Å². The SMILES string of the molecule is C[C@H](COCCOC[C@@H]1CO1)OCCOC(C)(C)[C@H]1CO1. The first-order chi connectivity index (χ1) is 10.1. The highest BCUT2D eigenvalue weighted by molar-refractivity contribution is 4.88. The standard InChI is InChI=1S/C15H28O6/c1-12(8-16-4-5-17-9-13-10-19-13)18-6-7-21-15(2,3)14-11-20-14/h12-14H,4-11H2,1-3H3/t12-,13-,14-/m1/s1. The van der Waals surface area contributed by atoms with Crippen LogP contribution in [-0.2, 0) is 28.4 Å². The van der Waals surface area contributed by atoms with E-state index in [1.165, 1.54) is 0 Å². The summed E-state index contributed by atoms with van der Waals surface area (Å²) in [6.45, 7) is 11.3. The maximum atomic E-state index is 5.77. The first-order valence-electron chi connectivity index (χ1n) is 7.72. The quantitative estimate of drug-likeness (QED) is 0.374. The van der Waals surface area contributed by atoms with E-state index in [1.54, 1.807) is 0 Å². The Balaban J connectivity index is 1.36. The fraction of sp³-hybridized carbons (Fsp3) is 1.00. The Bertz CT molecular complexity index is 288. The summed E-state index contributed by atoms with van der Waals surface area (Å²) in [5, 5.41) is 0. The van der Waals surface area contributed by atoms with Crippen LogP contribution < -0.4 is 0 Å². The molecule has 0 unspecified atom stereocenters. The minimum Gasteiger partial charge on any atom is -0.376 e. The van der Waals surface area contributed by atoms with Gasteiger partial charge in [-0.3, -0.25) is 0 Å². The van der Waals surface area contributed by atoms with Crippen LogP contribution in [0, 0.1) is 0 Å². The molecule has 0 aromatic heterocycles. The van der Waals surface area contributed by atoms with Crippen molar-refractivity contribution in [2.75, 3.05) is 52.9 Å². The molecule has 6 nitrogen and oxygen atoms in total. The Morgan fingerprint density at radius 2 is 1.76 bits per heavy atom. The molecule has 3 atom stereocenters. The molecule has 0 aromatic rings. The fourth-order valence-corrected chi connectivity index (χ4v) is 1.89. The third-order valence-electron chi connectivity index (χ3n) is 3.50. The second kappa shape index (κ2) is 8.41. The van der Waals surface area contributed by atoms with E-state index in [9.17, 15) is 0 Å². The molecule has 2 heterocycles. The van der Waals surface area contributed by atoms with E-state index in [4.69, 9.17) is 28.4 Å². The van der Waals surface area contributed by atoms with Crippen LogP contribution in [0.25, 0.3) is 0 Å². The van der Waals surface area contributed by atoms with E-state index in [1.807, 2.05) is 20.8 Å². The lowest BCUT2D eigenvalue weighted by Crippen LogP contribution is -2.33. The summed E-state index contributed by atoms with van der Waals surface area (Å²) >= 11 is 0. The molecule has 2 saturated heterocycles. The van der Waals surface area contributed by atoms with Crippen LogP contribution in [0.4, 0.5) is 0 Å². The third kappa shape index (κ3) is 7.54. The maximum absolute atomic E-state index is 5.77. The van der Waals surface area contributed by atoms with Gasteiger partial charge in [-0.05, 0) is 20.8 Å². The summed E-state index contributed by atoms with van der Waals surface area (Å²) < 4.78 is 32.6. The van der Waals surface area contributed by atoms with Gasteiger partial charge < -0.3 is 28.4 Å². The largest absolute Gasteiger partial charge is 0.376 e. The van der Waals surface area contributed by atoms with Gasteiger partial charge in [-0.15, -0.1) is 0 Å². The van der Waals surface area contributed by atoms with Gasteiger partial charge in [0.25, 0.3) is 0 Å². The predicted octanol–water partition coefficient (Wildman–Crippen LogP) is 1.02. The van der Waals surface area contributed by atoms with Crippen molar-refractivity contribution in [3.05, 3.63) is 0 Å². The molecule has 124 valence electrons. The molecule has 21 heavy (non-hydrogen) atoms. The molecule has 0 aliphatic carbocycles. The molecule has 6 heteroatoms. The lowest BCUT2D eigenvalue weighted by Gasteiger charge is -2.23. The number of hydrogen-bond donors (Lipinski definition) is 0. The van der Waals surface area contributed by atoms with Gasteiger partial charge in [0, 0.05) is 0 Å². The van der Waals surface area contributed by atoms with Crippen LogP contribution >= 0.6 is 0 Å². The highest BCUT2D eigenvalue weighted by atomic mass is 16.6. The van der Waals surface area contributed by atoms with Crippen molar-refractivity contribution >= 4 is 0 Å². The number of epoxide rings is 2. The van der Waals surface area contributed by atoms with E-state index in [-0.39, 0.29) is 17.8 Å². The topological polar surface area (TPSA) is 62.0 Å². The Hall–Kier alpha value is -0.240. The number of ether oxygens (including phenoxy) is 6. The van der Waals surface area contributed by atoms with Gasteiger partial charge in [-0.1, -0.05) is 0 Å². The zero-order valence-corrected chi connectivity index (χ0v) is 13.3. The van der Waals surface area contributed by atoms with Gasteiger partial charge in [0.15, 0.2) is 0 Å². The molecule has 0 bridgehead atoms. The average molecular weight is 304 g/mol. The van der Waals surface area contributed by atoms with Crippen molar-refractivity contribution in [3.8, 4) is 0 Å². The van der Waals surface area contributed by atoms with Gasteiger partial charge >= 0.3 is 0 Å². The minimum absolute atomic E-state index is 0.0562. The Kier molecular flexibility index (Phi) is 6.85. The van der Waals surface area contributed by atoms with Crippen LogP contribution in [-0.4, -0.2) is 76.8 Å².